The topological polar surface area (TPSA) is 44.8 Å². The van der Waals surface area contributed by atoms with Gasteiger partial charge in [0, 0.05) is 18.5 Å². The second-order valence-electron chi connectivity index (χ2n) is 6.32. The van der Waals surface area contributed by atoms with Gasteiger partial charge in [-0.1, -0.05) is 12.1 Å². The highest BCUT2D eigenvalue weighted by Gasteiger charge is 2.17. The second-order valence-corrected chi connectivity index (χ2v) is 7.32. The number of thiophene rings is 1. The quantitative estimate of drug-likeness (QED) is 0.821. The van der Waals surface area contributed by atoms with Crippen LogP contribution < -0.4 is 10.1 Å². The van der Waals surface area contributed by atoms with Crippen molar-refractivity contribution in [2.24, 2.45) is 0 Å². The molecule has 136 valence electrons. The van der Waals surface area contributed by atoms with E-state index < -0.39 is 0 Å². The number of nitrogens with zero attached hydrogens (tertiary/aromatic N) is 2. The Morgan fingerprint density at radius 1 is 1.20 bits per heavy atom. The molecule has 2 amide bonds. The molecule has 0 aliphatic rings. The van der Waals surface area contributed by atoms with Gasteiger partial charge in [-0.05, 0) is 55.7 Å². The molecule has 1 aromatic carbocycles. The number of likely N-dealkylation sites (N-methyl/N-ethyl adjacent to an activating group) is 1. The lowest BCUT2D eigenvalue weighted by molar-refractivity contribution is 0.201. The monoisotopic (exact) mass is 361 g/mol. The van der Waals surface area contributed by atoms with Crippen molar-refractivity contribution in [3.8, 4) is 5.75 Å². The molecular formula is C19H27N3O2S. The molecule has 1 aromatic heterocycles. The summed E-state index contributed by atoms with van der Waals surface area (Å²) < 4.78 is 5.21. The third-order valence-corrected chi connectivity index (χ3v) is 5.27. The molecule has 0 aliphatic heterocycles. The Bertz CT molecular complexity index is 682. The molecule has 0 spiro atoms. The fourth-order valence-electron chi connectivity index (χ4n) is 2.60. The van der Waals surface area contributed by atoms with Crippen LogP contribution in [0.1, 0.15) is 22.0 Å². The first-order chi connectivity index (χ1) is 11.9. The molecule has 5 nitrogen and oxygen atoms in total. The van der Waals surface area contributed by atoms with Gasteiger partial charge in [0.15, 0.2) is 0 Å². The van der Waals surface area contributed by atoms with Crippen LogP contribution in [0, 0.1) is 6.92 Å². The van der Waals surface area contributed by atoms with Gasteiger partial charge in [0.2, 0.25) is 0 Å². The molecule has 0 fully saturated rings. The minimum atomic E-state index is -0.0619. The Labute approximate surface area is 154 Å². The zero-order valence-electron chi connectivity index (χ0n) is 15.6. The van der Waals surface area contributed by atoms with E-state index in [0.29, 0.717) is 13.1 Å². The maximum Gasteiger partial charge on any atom is 0.317 e. The molecule has 0 aliphatic carbocycles. The first-order valence-electron chi connectivity index (χ1n) is 8.24. The first-order valence-corrected chi connectivity index (χ1v) is 9.12. The standard InChI is InChI=1S/C19H27N3O2S/c1-14-10-11-25-18(14)13-22(4)19(23)20-12-17(21(2)3)15-6-8-16(24-5)9-7-15/h6-11,17H,12-13H2,1-5H3,(H,20,23). The summed E-state index contributed by atoms with van der Waals surface area (Å²) in [7, 11) is 7.51. The number of ether oxygens (including phenoxy) is 1. The second kappa shape index (κ2) is 8.87. The van der Waals surface area contributed by atoms with Gasteiger partial charge >= 0.3 is 6.03 Å². The van der Waals surface area contributed by atoms with Crippen molar-refractivity contribution in [2.75, 3.05) is 34.8 Å². The summed E-state index contributed by atoms with van der Waals surface area (Å²) in [4.78, 5) is 17.5. The predicted octanol–water partition coefficient (Wildman–Crippen LogP) is 3.51. The van der Waals surface area contributed by atoms with E-state index in [-0.39, 0.29) is 12.1 Å². The number of benzene rings is 1. The number of hydrogen-bond donors (Lipinski definition) is 1. The van der Waals surface area contributed by atoms with Crippen LogP contribution in [0.4, 0.5) is 4.79 Å². The lowest BCUT2D eigenvalue weighted by Gasteiger charge is -2.26. The molecule has 0 saturated carbocycles. The molecule has 6 heteroatoms. The summed E-state index contributed by atoms with van der Waals surface area (Å²) in [6, 6.07) is 10.1. The molecule has 0 radical (unpaired) electrons. The van der Waals surface area contributed by atoms with Crippen molar-refractivity contribution in [2.45, 2.75) is 19.5 Å². The van der Waals surface area contributed by atoms with Gasteiger partial charge in [-0.2, -0.15) is 0 Å². The summed E-state index contributed by atoms with van der Waals surface area (Å²) in [6.45, 7) is 3.25. The van der Waals surface area contributed by atoms with E-state index in [1.807, 2.05) is 45.4 Å². The summed E-state index contributed by atoms with van der Waals surface area (Å²) in [5, 5.41) is 5.10. The largest absolute Gasteiger partial charge is 0.497 e. The average Bonchev–Trinajstić information content (AvgIpc) is 3.00. The summed E-state index contributed by atoms with van der Waals surface area (Å²) in [6.07, 6.45) is 0. The van der Waals surface area contributed by atoms with Gasteiger partial charge in [0.05, 0.1) is 19.7 Å². The number of aryl methyl sites for hydroxylation is 1. The highest BCUT2D eigenvalue weighted by Crippen LogP contribution is 2.21. The molecular weight excluding hydrogens is 334 g/mol. The molecule has 0 bridgehead atoms. The van der Waals surface area contributed by atoms with Gasteiger partial charge in [-0.15, -0.1) is 11.3 Å². The molecule has 1 heterocycles. The van der Waals surface area contributed by atoms with E-state index in [1.54, 1.807) is 23.3 Å². The molecule has 1 N–H and O–H groups in total. The van der Waals surface area contributed by atoms with E-state index in [2.05, 4.69) is 28.6 Å². The van der Waals surface area contributed by atoms with Gasteiger partial charge in [-0.3, -0.25) is 0 Å². The van der Waals surface area contributed by atoms with Crippen LogP contribution in [0.5, 0.6) is 5.75 Å². The van der Waals surface area contributed by atoms with Crippen molar-refractivity contribution in [1.29, 1.82) is 0 Å². The molecule has 2 rings (SSSR count). The normalized spacial score (nSPS) is 12.1. The third kappa shape index (κ3) is 5.21. The van der Waals surface area contributed by atoms with Crippen molar-refractivity contribution in [1.82, 2.24) is 15.1 Å². The van der Waals surface area contributed by atoms with Crippen LogP contribution in [0.25, 0.3) is 0 Å². The highest BCUT2D eigenvalue weighted by molar-refractivity contribution is 7.10. The minimum absolute atomic E-state index is 0.0619. The summed E-state index contributed by atoms with van der Waals surface area (Å²) in [5.74, 6) is 0.830. The lowest BCUT2D eigenvalue weighted by Crippen LogP contribution is -2.41. The highest BCUT2D eigenvalue weighted by atomic mass is 32.1. The Kier molecular flexibility index (Phi) is 6.84. The number of rotatable bonds is 7. The molecule has 25 heavy (non-hydrogen) atoms. The fraction of sp³-hybridized carbons (Fsp3) is 0.421. The van der Waals surface area contributed by atoms with Crippen molar-refractivity contribution in [3.05, 3.63) is 51.7 Å². The molecule has 0 saturated heterocycles. The number of methoxy groups -OCH3 is 1. The number of carbonyl (C=O) groups is 1. The van der Waals surface area contributed by atoms with Gasteiger partial charge < -0.3 is 19.9 Å². The van der Waals surface area contributed by atoms with E-state index >= 15 is 0 Å². The Balaban J connectivity index is 1.95. The van der Waals surface area contributed by atoms with Crippen molar-refractivity contribution in [3.63, 3.8) is 0 Å². The Hall–Kier alpha value is -2.05. The van der Waals surface area contributed by atoms with Gasteiger partial charge in [0.1, 0.15) is 5.75 Å². The van der Waals surface area contributed by atoms with Crippen molar-refractivity contribution >= 4 is 17.4 Å². The number of nitrogens with one attached hydrogen (secondary N) is 1. The number of carbonyl (C=O) groups excluding carboxylic acids is 1. The smallest absolute Gasteiger partial charge is 0.317 e. The van der Waals surface area contributed by atoms with Crippen LogP contribution >= 0.6 is 11.3 Å². The third-order valence-electron chi connectivity index (χ3n) is 4.27. The van der Waals surface area contributed by atoms with Crippen LogP contribution in [-0.2, 0) is 6.54 Å². The van der Waals surface area contributed by atoms with Gasteiger partial charge in [-0.25, -0.2) is 4.79 Å². The minimum Gasteiger partial charge on any atom is -0.497 e. The van der Waals surface area contributed by atoms with E-state index in [4.69, 9.17) is 4.74 Å². The van der Waals surface area contributed by atoms with E-state index in [0.717, 1.165) is 11.3 Å². The van der Waals surface area contributed by atoms with Crippen LogP contribution in [0.15, 0.2) is 35.7 Å². The number of urea groups is 1. The van der Waals surface area contributed by atoms with Gasteiger partial charge in [0.25, 0.3) is 0 Å². The lowest BCUT2D eigenvalue weighted by atomic mass is 10.1. The van der Waals surface area contributed by atoms with E-state index in [9.17, 15) is 4.79 Å². The first kappa shape index (κ1) is 19.3. The summed E-state index contributed by atoms with van der Waals surface area (Å²) in [5.41, 5.74) is 2.37. The molecule has 1 unspecified atom stereocenters. The zero-order valence-corrected chi connectivity index (χ0v) is 16.4. The summed E-state index contributed by atoms with van der Waals surface area (Å²) >= 11 is 1.68. The fourth-order valence-corrected chi connectivity index (χ4v) is 3.56. The maximum atomic E-state index is 12.4. The Morgan fingerprint density at radius 3 is 2.40 bits per heavy atom. The molecule has 1 atom stereocenters. The number of amides is 2. The van der Waals surface area contributed by atoms with Crippen LogP contribution in [0.3, 0.4) is 0 Å². The number of hydrogen-bond acceptors (Lipinski definition) is 4. The van der Waals surface area contributed by atoms with Crippen LogP contribution in [0.2, 0.25) is 0 Å². The Morgan fingerprint density at radius 2 is 1.88 bits per heavy atom. The zero-order chi connectivity index (χ0) is 18.4. The van der Waals surface area contributed by atoms with Crippen LogP contribution in [-0.4, -0.2) is 50.6 Å². The predicted molar refractivity (Wildman–Crippen MR) is 103 cm³/mol. The van der Waals surface area contributed by atoms with Crippen molar-refractivity contribution < 1.29 is 9.53 Å². The molecule has 2 aromatic rings. The SMILES string of the molecule is COc1ccc(C(CNC(=O)N(C)Cc2sccc2C)N(C)C)cc1. The maximum absolute atomic E-state index is 12.4. The van der Waals surface area contributed by atoms with E-state index in [1.165, 1.54) is 10.4 Å². The average molecular weight is 362 g/mol.